The molecule has 4 unspecified atom stereocenters. The van der Waals surface area contributed by atoms with Crippen molar-refractivity contribution in [3.05, 3.63) is 0 Å². The van der Waals surface area contributed by atoms with E-state index < -0.39 is 60.2 Å². The van der Waals surface area contributed by atoms with Crippen molar-refractivity contribution < 1.29 is 29.1 Å². The highest BCUT2D eigenvalue weighted by molar-refractivity contribution is 5.95. The molecule has 0 aliphatic heterocycles. The third kappa shape index (κ3) is 15.3. The average molecular weight is 530 g/mol. The normalized spacial score (nSPS) is 14.1. The van der Waals surface area contributed by atoms with E-state index in [4.69, 9.17) is 28.7 Å². The fourth-order valence-electron chi connectivity index (χ4n) is 3.36. The van der Waals surface area contributed by atoms with Crippen molar-refractivity contribution in [3.63, 3.8) is 0 Å². The molecule has 37 heavy (non-hydrogen) atoms. The second kappa shape index (κ2) is 17.9. The maximum absolute atomic E-state index is 13.1. The van der Waals surface area contributed by atoms with Gasteiger partial charge in [0.25, 0.3) is 0 Å². The van der Waals surface area contributed by atoms with Crippen LogP contribution in [0.4, 0.5) is 0 Å². The number of carbonyl (C=O) groups excluding carboxylic acids is 4. The van der Waals surface area contributed by atoms with E-state index in [0.717, 1.165) is 0 Å². The third-order valence-electron chi connectivity index (χ3n) is 5.24. The monoisotopic (exact) mass is 529 g/mol. The maximum atomic E-state index is 13.1. The Hall–Kier alpha value is -3.46. The number of rotatable bonds is 19. The van der Waals surface area contributed by atoms with Crippen LogP contribution in [0.3, 0.4) is 0 Å². The Morgan fingerprint density at radius 1 is 0.811 bits per heavy atom. The minimum Gasteiger partial charge on any atom is -0.480 e. The van der Waals surface area contributed by atoms with Crippen molar-refractivity contribution in [3.8, 4) is 0 Å². The minimum absolute atomic E-state index is 0.0320. The number of amides is 4. The van der Waals surface area contributed by atoms with Gasteiger partial charge in [-0.25, -0.2) is 4.79 Å². The molecule has 0 saturated heterocycles. The van der Waals surface area contributed by atoms with E-state index >= 15 is 0 Å². The Kier molecular flexibility index (Phi) is 16.2. The number of nitrogens with one attached hydrogen (secondary N) is 3. The van der Waals surface area contributed by atoms with Crippen molar-refractivity contribution in [2.75, 3.05) is 13.1 Å². The molecule has 0 aromatic heterocycles. The Morgan fingerprint density at radius 3 is 1.86 bits per heavy atom. The molecule has 0 spiro atoms. The number of carboxylic acids is 1. The van der Waals surface area contributed by atoms with Gasteiger partial charge < -0.3 is 49.7 Å². The molecule has 15 nitrogen and oxygen atoms in total. The summed E-state index contributed by atoms with van der Waals surface area (Å²) in [6, 6.07) is -4.59. The molecule has 212 valence electrons. The van der Waals surface area contributed by atoms with Gasteiger partial charge in [-0.15, -0.1) is 0 Å². The van der Waals surface area contributed by atoms with Crippen LogP contribution in [0, 0.1) is 5.92 Å². The van der Waals surface area contributed by atoms with Gasteiger partial charge in [0.05, 0.1) is 12.5 Å². The summed E-state index contributed by atoms with van der Waals surface area (Å²) in [5.74, 6) is -4.27. The van der Waals surface area contributed by atoms with Crippen LogP contribution in [0.2, 0.25) is 0 Å². The Morgan fingerprint density at radius 2 is 1.35 bits per heavy atom. The molecular weight excluding hydrogens is 486 g/mol. The molecule has 4 amide bonds. The summed E-state index contributed by atoms with van der Waals surface area (Å²) >= 11 is 0. The number of unbranched alkanes of at least 4 members (excludes halogenated alkanes) is 1. The number of hydrogen-bond donors (Lipinski definition) is 9. The second-order valence-electron chi connectivity index (χ2n) is 9.16. The molecule has 0 fully saturated rings. The first-order chi connectivity index (χ1) is 17.3. The molecule has 0 bridgehead atoms. The highest BCUT2D eigenvalue weighted by atomic mass is 16.4. The van der Waals surface area contributed by atoms with Crippen LogP contribution in [0.15, 0.2) is 4.99 Å². The van der Waals surface area contributed by atoms with E-state index in [1.807, 2.05) is 13.8 Å². The first kappa shape index (κ1) is 33.5. The van der Waals surface area contributed by atoms with Crippen LogP contribution in [0.5, 0.6) is 0 Å². The van der Waals surface area contributed by atoms with Gasteiger partial charge in [0.1, 0.15) is 18.1 Å². The minimum atomic E-state index is -1.25. The number of hydrogen-bond acceptors (Lipinski definition) is 8. The summed E-state index contributed by atoms with van der Waals surface area (Å²) in [7, 11) is 0. The largest absolute Gasteiger partial charge is 0.480 e. The number of aliphatic carboxylic acids is 1. The van der Waals surface area contributed by atoms with E-state index in [-0.39, 0.29) is 37.7 Å². The van der Waals surface area contributed by atoms with E-state index in [9.17, 15) is 29.1 Å². The third-order valence-corrected chi connectivity index (χ3v) is 5.24. The van der Waals surface area contributed by atoms with E-state index in [1.54, 1.807) is 0 Å². The molecule has 0 aliphatic rings. The van der Waals surface area contributed by atoms with Crippen LogP contribution in [0.1, 0.15) is 58.8 Å². The molecule has 15 heteroatoms. The average Bonchev–Trinajstić information content (AvgIpc) is 2.78. The standard InChI is InChI=1S/C22H43N9O6/c1-12(2)10-16(20(35)30-15(21(36)37)7-5-9-28-22(26)27)31-19(34)14(6-3-4-8-23)29-18(33)13(24)11-17(25)32/h12-16H,3-11,23-24H2,1-2H3,(H2,25,32)(H,29,33)(H,30,35)(H,31,34)(H,36,37)(H4,26,27,28). The summed E-state index contributed by atoms with van der Waals surface area (Å²) in [6.07, 6.45) is 1.47. The van der Waals surface area contributed by atoms with E-state index in [0.29, 0.717) is 25.8 Å². The number of primary amides is 1. The van der Waals surface area contributed by atoms with Crippen LogP contribution in [-0.4, -0.2) is 77.9 Å². The molecular formula is C22H43N9O6. The number of aliphatic imine (C=N–C) groups is 1. The summed E-state index contributed by atoms with van der Waals surface area (Å²) < 4.78 is 0. The lowest BCUT2D eigenvalue weighted by Crippen LogP contribution is -2.57. The summed E-state index contributed by atoms with van der Waals surface area (Å²) in [4.78, 5) is 65.0. The predicted molar refractivity (Wildman–Crippen MR) is 137 cm³/mol. The highest BCUT2D eigenvalue weighted by Crippen LogP contribution is 2.09. The van der Waals surface area contributed by atoms with Crippen molar-refractivity contribution in [1.29, 1.82) is 0 Å². The lowest BCUT2D eigenvalue weighted by atomic mass is 10.0. The molecule has 0 heterocycles. The molecule has 0 aliphatic carbocycles. The molecule has 4 atom stereocenters. The number of guanidine groups is 1. The summed E-state index contributed by atoms with van der Waals surface area (Å²) in [5, 5.41) is 17.1. The summed E-state index contributed by atoms with van der Waals surface area (Å²) in [5.41, 5.74) is 26.8. The zero-order chi connectivity index (χ0) is 28.5. The van der Waals surface area contributed by atoms with Gasteiger partial charge in [-0.05, 0) is 51.0 Å². The maximum Gasteiger partial charge on any atom is 0.326 e. The van der Waals surface area contributed by atoms with E-state index in [2.05, 4.69) is 20.9 Å². The Labute approximate surface area is 216 Å². The topological polar surface area (TPSA) is 284 Å². The van der Waals surface area contributed by atoms with Gasteiger partial charge >= 0.3 is 5.97 Å². The van der Waals surface area contributed by atoms with Gasteiger partial charge in [-0.3, -0.25) is 24.2 Å². The van der Waals surface area contributed by atoms with Crippen LogP contribution in [-0.2, 0) is 24.0 Å². The van der Waals surface area contributed by atoms with Gasteiger partial charge in [0.2, 0.25) is 23.6 Å². The van der Waals surface area contributed by atoms with Crippen LogP contribution >= 0.6 is 0 Å². The quantitative estimate of drug-likeness (QED) is 0.0463. The fraction of sp³-hybridized carbons (Fsp3) is 0.727. The molecule has 0 aromatic carbocycles. The first-order valence-corrected chi connectivity index (χ1v) is 12.2. The SMILES string of the molecule is CC(C)CC(NC(=O)C(CCCCN)NC(=O)C(N)CC(N)=O)C(=O)NC(CCCN=C(N)N)C(=O)O. The summed E-state index contributed by atoms with van der Waals surface area (Å²) in [6.45, 7) is 4.23. The smallest absolute Gasteiger partial charge is 0.326 e. The van der Waals surface area contributed by atoms with E-state index in [1.165, 1.54) is 0 Å². The Balaban J connectivity index is 5.49. The molecule has 0 aromatic rings. The first-order valence-electron chi connectivity index (χ1n) is 12.2. The highest BCUT2D eigenvalue weighted by Gasteiger charge is 2.30. The Bertz CT molecular complexity index is 802. The predicted octanol–water partition coefficient (Wildman–Crippen LogP) is -3.04. The lowest BCUT2D eigenvalue weighted by Gasteiger charge is -2.26. The van der Waals surface area contributed by atoms with Crippen molar-refractivity contribution in [2.45, 2.75) is 83.0 Å². The van der Waals surface area contributed by atoms with Crippen molar-refractivity contribution in [1.82, 2.24) is 16.0 Å². The van der Waals surface area contributed by atoms with Crippen molar-refractivity contribution >= 4 is 35.6 Å². The van der Waals surface area contributed by atoms with Crippen LogP contribution < -0.4 is 44.6 Å². The molecule has 0 saturated carbocycles. The second-order valence-corrected chi connectivity index (χ2v) is 9.16. The number of carboxylic acid groups (broad SMARTS) is 1. The zero-order valence-corrected chi connectivity index (χ0v) is 21.6. The van der Waals surface area contributed by atoms with Gasteiger partial charge in [0.15, 0.2) is 5.96 Å². The fourth-order valence-corrected chi connectivity index (χ4v) is 3.36. The van der Waals surface area contributed by atoms with Crippen LogP contribution in [0.25, 0.3) is 0 Å². The molecule has 14 N–H and O–H groups in total. The molecule has 0 radical (unpaired) electrons. The van der Waals surface area contributed by atoms with Gasteiger partial charge in [-0.1, -0.05) is 13.8 Å². The number of carbonyl (C=O) groups is 5. The lowest BCUT2D eigenvalue weighted by molar-refractivity contribution is -0.142. The van der Waals surface area contributed by atoms with Gasteiger partial charge in [0, 0.05) is 6.54 Å². The zero-order valence-electron chi connectivity index (χ0n) is 21.6. The molecule has 0 rings (SSSR count). The number of nitrogens with zero attached hydrogens (tertiary/aromatic N) is 1. The van der Waals surface area contributed by atoms with Gasteiger partial charge in [-0.2, -0.15) is 0 Å². The number of nitrogens with two attached hydrogens (primary N) is 5. The van der Waals surface area contributed by atoms with Crippen molar-refractivity contribution in [2.24, 2.45) is 39.6 Å².